The molecule has 0 unspecified atom stereocenters. The Labute approximate surface area is 216 Å². The maximum atomic E-state index is 11.6. The molecule has 0 radical (unpaired) electrons. The van der Waals surface area contributed by atoms with Crippen LogP contribution in [0.15, 0.2) is 42.5 Å². The minimum absolute atomic E-state index is 0.0734. The van der Waals surface area contributed by atoms with Gasteiger partial charge in [0.15, 0.2) is 5.75 Å². The molecular formula is C30H43NO5. The fourth-order valence-corrected chi connectivity index (χ4v) is 4.42. The topological polar surface area (TPSA) is 89.7 Å². The van der Waals surface area contributed by atoms with E-state index in [0.29, 0.717) is 12.2 Å². The average molecular weight is 498 g/mol. The lowest BCUT2D eigenvalue weighted by Crippen LogP contribution is -2.01. The summed E-state index contributed by atoms with van der Waals surface area (Å²) in [6.45, 7) is 2.73. The summed E-state index contributed by atoms with van der Waals surface area (Å²) < 4.78 is 5.73. The molecule has 0 aliphatic heterocycles. The predicted octanol–water partition coefficient (Wildman–Crippen LogP) is 9.21. The molecule has 0 aliphatic rings. The molecule has 0 heterocycles. The maximum absolute atomic E-state index is 11.6. The number of carboxylic acids is 1. The first-order valence-electron chi connectivity index (χ1n) is 13.8. The average Bonchev–Trinajstić information content (AvgIpc) is 2.88. The fourth-order valence-electron chi connectivity index (χ4n) is 4.42. The molecule has 0 aliphatic carbocycles. The molecule has 2 aromatic carbocycles. The summed E-state index contributed by atoms with van der Waals surface area (Å²) in [6.07, 6.45) is 19.4. The fraction of sp³-hybridized carbons (Fsp3) is 0.567. The molecule has 6 heteroatoms. The van der Waals surface area contributed by atoms with Crippen molar-refractivity contribution in [1.29, 1.82) is 0 Å². The van der Waals surface area contributed by atoms with Crippen LogP contribution in [0.3, 0.4) is 0 Å². The molecule has 1 N–H and O–H groups in total. The smallest absolute Gasteiger partial charge is 0.335 e. The summed E-state index contributed by atoms with van der Waals surface area (Å²) in [5.74, 6) is -0.730. The van der Waals surface area contributed by atoms with Gasteiger partial charge in [-0.1, -0.05) is 115 Å². The zero-order valence-electron chi connectivity index (χ0n) is 21.9. The minimum Gasteiger partial charge on any atom is -0.487 e. The molecule has 198 valence electrons. The van der Waals surface area contributed by atoms with Crippen LogP contribution in [0.4, 0.5) is 5.69 Å². The Kier molecular flexibility index (Phi) is 14.3. The molecule has 36 heavy (non-hydrogen) atoms. The summed E-state index contributed by atoms with van der Waals surface area (Å²) in [7, 11) is 0. The van der Waals surface area contributed by atoms with E-state index in [4.69, 9.17) is 9.84 Å². The quantitative estimate of drug-likeness (QED) is 0.112. The Bertz CT molecular complexity index is 910. The van der Waals surface area contributed by atoms with Crippen LogP contribution in [-0.2, 0) is 0 Å². The molecule has 0 spiro atoms. The Balaban J connectivity index is 1.60. The highest BCUT2D eigenvalue weighted by Crippen LogP contribution is 2.32. The van der Waals surface area contributed by atoms with E-state index in [0.717, 1.165) is 18.4 Å². The lowest BCUT2D eigenvalue weighted by atomic mass is 10.0. The van der Waals surface area contributed by atoms with Crippen molar-refractivity contribution in [3.8, 4) is 16.9 Å². The Morgan fingerprint density at radius 3 is 1.69 bits per heavy atom. The van der Waals surface area contributed by atoms with E-state index in [2.05, 4.69) is 6.92 Å². The van der Waals surface area contributed by atoms with Crippen LogP contribution in [-0.4, -0.2) is 22.6 Å². The van der Waals surface area contributed by atoms with Crippen LogP contribution in [0, 0.1) is 10.1 Å². The van der Waals surface area contributed by atoms with Gasteiger partial charge in [0, 0.05) is 6.07 Å². The van der Waals surface area contributed by atoms with Crippen molar-refractivity contribution in [2.24, 2.45) is 0 Å². The molecule has 0 amide bonds. The van der Waals surface area contributed by atoms with E-state index in [-0.39, 0.29) is 17.0 Å². The molecule has 0 bridgehead atoms. The first-order valence-corrected chi connectivity index (χ1v) is 13.8. The van der Waals surface area contributed by atoms with Gasteiger partial charge in [-0.25, -0.2) is 4.79 Å². The van der Waals surface area contributed by atoms with Gasteiger partial charge in [-0.05, 0) is 35.7 Å². The highest BCUT2D eigenvalue weighted by Gasteiger charge is 2.17. The number of unbranched alkanes of at least 4 members (excludes halogenated alkanes) is 14. The number of carbonyl (C=O) groups is 1. The summed E-state index contributed by atoms with van der Waals surface area (Å²) in [5, 5.41) is 20.6. The Morgan fingerprint density at radius 1 is 0.750 bits per heavy atom. The van der Waals surface area contributed by atoms with Gasteiger partial charge in [0.25, 0.3) is 0 Å². The van der Waals surface area contributed by atoms with Crippen molar-refractivity contribution >= 4 is 11.7 Å². The third-order valence-electron chi connectivity index (χ3n) is 6.63. The Hall–Kier alpha value is -2.89. The Morgan fingerprint density at radius 2 is 1.22 bits per heavy atom. The van der Waals surface area contributed by atoms with Crippen molar-refractivity contribution < 1.29 is 19.6 Å². The highest BCUT2D eigenvalue weighted by molar-refractivity contribution is 5.88. The number of benzene rings is 2. The predicted molar refractivity (Wildman–Crippen MR) is 146 cm³/mol. The summed E-state index contributed by atoms with van der Waals surface area (Å²) in [6, 6.07) is 11.2. The lowest BCUT2D eigenvalue weighted by Gasteiger charge is -2.09. The SMILES string of the molecule is CCCCCCCCCCCCCCCCCOc1ccc(-c2ccc(C(=O)O)cc2)cc1[N+](=O)[O-]. The number of nitro groups is 1. The van der Waals surface area contributed by atoms with E-state index in [1.807, 2.05) is 0 Å². The van der Waals surface area contributed by atoms with Gasteiger partial charge < -0.3 is 9.84 Å². The monoisotopic (exact) mass is 497 g/mol. The molecule has 6 nitrogen and oxygen atoms in total. The molecule has 0 saturated heterocycles. The minimum atomic E-state index is -1.00. The van der Waals surface area contributed by atoms with Crippen LogP contribution in [0.5, 0.6) is 5.75 Å². The zero-order chi connectivity index (χ0) is 26.0. The van der Waals surface area contributed by atoms with Crippen molar-refractivity contribution in [3.63, 3.8) is 0 Å². The molecule has 0 saturated carbocycles. The molecule has 0 atom stereocenters. The highest BCUT2D eigenvalue weighted by atomic mass is 16.6. The van der Waals surface area contributed by atoms with Crippen molar-refractivity contribution in [2.45, 2.75) is 103 Å². The van der Waals surface area contributed by atoms with E-state index >= 15 is 0 Å². The van der Waals surface area contributed by atoms with Gasteiger partial charge in [-0.3, -0.25) is 10.1 Å². The molecular weight excluding hydrogens is 454 g/mol. The van der Waals surface area contributed by atoms with Crippen LogP contribution >= 0.6 is 0 Å². The number of nitro benzene ring substituents is 1. The normalized spacial score (nSPS) is 10.9. The summed E-state index contributed by atoms with van der Waals surface area (Å²) >= 11 is 0. The zero-order valence-corrected chi connectivity index (χ0v) is 21.9. The number of hydrogen-bond acceptors (Lipinski definition) is 4. The van der Waals surface area contributed by atoms with Crippen molar-refractivity contribution in [3.05, 3.63) is 58.1 Å². The number of aromatic carboxylic acids is 1. The molecule has 0 fully saturated rings. The maximum Gasteiger partial charge on any atom is 0.335 e. The van der Waals surface area contributed by atoms with Crippen LogP contribution in [0.25, 0.3) is 11.1 Å². The number of nitrogens with zero attached hydrogens (tertiary/aromatic N) is 1. The van der Waals surface area contributed by atoms with Gasteiger partial charge in [0.05, 0.1) is 17.1 Å². The third-order valence-corrected chi connectivity index (χ3v) is 6.63. The van der Waals surface area contributed by atoms with E-state index in [9.17, 15) is 14.9 Å². The molecule has 2 rings (SSSR count). The van der Waals surface area contributed by atoms with E-state index < -0.39 is 10.9 Å². The first-order chi connectivity index (χ1) is 17.5. The van der Waals surface area contributed by atoms with Gasteiger partial charge in [0.1, 0.15) is 0 Å². The number of rotatable bonds is 20. The second kappa shape index (κ2) is 17.5. The second-order valence-corrected chi connectivity index (χ2v) is 9.62. The molecule has 2 aromatic rings. The standard InChI is InChI=1S/C30H43NO5/c1-2-3-4-5-6-7-8-9-10-11-12-13-14-15-16-23-36-29-22-21-27(24-28(29)31(34)35)25-17-19-26(20-18-25)30(32)33/h17-22,24H,2-16,23H2,1H3,(H,32,33). The van der Waals surface area contributed by atoms with Gasteiger partial charge >= 0.3 is 11.7 Å². The number of hydrogen-bond donors (Lipinski definition) is 1. The van der Waals surface area contributed by atoms with Crippen molar-refractivity contribution in [2.75, 3.05) is 6.61 Å². The summed E-state index contributed by atoms with van der Waals surface area (Å²) in [5.41, 5.74) is 1.47. The number of ether oxygens (including phenoxy) is 1. The van der Waals surface area contributed by atoms with Gasteiger partial charge in [-0.2, -0.15) is 0 Å². The van der Waals surface area contributed by atoms with Crippen molar-refractivity contribution in [1.82, 2.24) is 0 Å². The first kappa shape index (κ1) is 29.3. The van der Waals surface area contributed by atoms with E-state index in [1.54, 1.807) is 24.3 Å². The van der Waals surface area contributed by atoms with Crippen LogP contribution in [0.2, 0.25) is 0 Å². The van der Waals surface area contributed by atoms with Gasteiger partial charge in [-0.15, -0.1) is 0 Å². The lowest BCUT2D eigenvalue weighted by molar-refractivity contribution is -0.385. The number of carboxylic acid groups (broad SMARTS) is 1. The van der Waals surface area contributed by atoms with Gasteiger partial charge in [0.2, 0.25) is 0 Å². The van der Waals surface area contributed by atoms with Crippen LogP contribution in [0.1, 0.15) is 114 Å². The second-order valence-electron chi connectivity index (χ2n) is 9.62. The third kappa shape index (κ3) is 11.2. The van der Waals surface area contributed by atoms with Crippen LogP contribution < -0.4 is 4.74 Å². The molecule has 0 aromatic heterocycles. The van der Waals surface area contributed by atoms with E-state index in [1.165, 1.54) is 102 Å². The largest absolute Gasteiger partial charge is 0.487 e. The summed E-state index contributed by atoms with van der Waals surface area (Å²) in [4.78, 5) is 22.2.